The molecule has 3 aliphatic rings. The van der Waals surface area contributed by atoms with Crippen LogP contribution in [0.2, 0.25) is 0 Å². The Morgan fingerprint density at radius 1 is 1.28 bits per heavy atom. The van der Waals surface area contributed by atoms with E-state index in [1.165, 1.54) is 50.2 Å². The van der Waals surface area contributed by atoms with Gasteiger partial charge in [0.05, 0.1) is 12.1 Å². The number of nitrogens with zero attached hydrogens (tertiary/aromatic N) is 3. The summed E-state index contributed by atoms with van der Waals surface area (Å²) in [6.07, 6.45) is 5.06. The number of amides is 1. The molecule has 3 fully saturated rings. The van der Waals surface area contributed by atoms with Crippen molar-refractivity contribution in [1.82, 2.24) is 14.8 Å². The zero-order chi connectivity index (χ0) is 21.1. The first kappa shape index (κ1) is 22.0. The Labute approximate surface area is 171 Å². The molecular weight excluding hydrogens is 407 g/mol. The molecule has 0 bridgehead atoms. The van der Waals surface area contributed by atoms with Crippen LogP contribution in [0.25, 0.3) is 0 Å². The Hall–Kier alpha value is -1.68. The summed E-state index contributed by atoms with van der Waals surface area (Å²) < 4.78 is 31.7. The molecule has 1 unspecified atom stereocenters. The third kappa shape index (κ3) is 5.91. The number of aliphatic carboxylic acids is 1. The zero-order valence-corrected chi connectivity index (χ0v) is 17.0. The van der Waals surface area contributed by atoms with Gasteiger partial charge in [-0.3, -0.25) is 9.78 Å². The molecule has 6 nitrogen and oxygen atoms in total. The maximum Gasteiger partial charge on any atom is 0.490 e. The van der Waals surface area contributed by atoms with Crippen molar-refractivity contribution in [2.75, 3.05) is 19.6 Å². The van der Waals surface area contributed by atoms with Gasteiger partial charge in [0.25, 0.3) is 0 Å². The van der Waals surface area contributed by atoms with Crippen molar-refractivity contribution < 1.29 is 27.9 Å². The van der Waals surface area contributed by atoms with E-state index in [-0.39, 0.29) is 5.54 Å². The molecule has 162 valence electrons. The SMILES string of the molecule is O=C(O)C(F)(F)F.O=C1CCC2(CCCN(CC3CC3)CC2)N1Cc1cncs1. The van der Waals surface area contributed by atoms with E-state index in [1.807, 2.05) is 11.7 Å². The molecule has 0 aromatic carbocycles. The van der Waals surface area contributed by atoms with E-state index in [0.717, 1.165) is 31.7 Å². The van der Waals surface area contributed by atoms with Crippen molar-refractivity contribution in [3.8, 4) is 0 Å². The van der Waals surface area contributed by atoms with Crippen LogP contribution in [0.5, 0.6) is 0 Å². The maximum atomic E-state index is 12.5. The Kier molecular flexibility index (Phi) is 6.83. The van der Waals surface area contributed by atoms with Crippen LogP contribution < -0.4 is 0 Å². The zero-order valence-electron chi connectivity index (χ0n) is 16.2. The fraction of sp³-hybridized carbons (Fsp3) is 0.737. The second kappa shape index (κ2) is 8.99. The molecule has 1 N–H and O–H groups in total. The van der Waals surface area contributed by atoms with Crippen LogP contribution in [-0.2, 0) is 16.1 Å². The number of carboxylic acid groups (broad SMARTS) is 1. The van der Waals surface area contributed by atoms with Gasteiger partial charge >= 0.3 is 12.1 Å². The number of carbonyl (C=O) groups is 2. The Bertz CT molecular complexity index is 709. The van der Waals surface area contributed by atoms with Gasteiger partial charge in [-0.25, -0.2) is 4.79 Å². The van der Waals surface area contributed by atoms with Crippen LogP contribution in [0, 0.1) is 5.92 Å². The topological polar surface area (TPSA) is 73.7 Å². The molecule has 1 spiro atoms. The molecule has 1 saturated carbocycles. The van der Waals surface area contributed by atoms with E-state index in [9.17, 15) is 18.0 Å². The third-order valence-electron chi connectivity index (χ3n) is 5.94. The number of hydrogen-bond donors (Lipinski definition) is 1. The van der Waals surface area contributed by atoms with Crippen molar-refractivity contribution in [2.45, 2.75) is 63.2 Å². The maximum absolute atomic E-state index is 12.5. The minimum absolute atomic E-state index is 0.124. The Balaban J connectivity index is 0.000000298. The van der Waals surface area contributed by atoms with Crippen LogP contribution in [0.4, 0.5) is 13.2 Å². The lowest BCUT2D eigenvalue weighted by Crippen LogP contribution is -2.45. The fourth-order valence-electron chi connectivity index (χ4n) is 4.21. The van der Waals surface area contributed by atoms with Gasteiger partial charge in [-0.1, -0.05) is 0 Å². The molecule has 4 rings (SSSR count). The highest BCUT2D eigenvalue weighted by molar-refractivity contribution is 7.09. The van der Waals surface area contributed by atoms with E-state index in [4.69, 9.17) is 9.90 Å². The average molecular weight is 433 g/mol. The van der Waals surface area contributed by atoms with Gasteiger partial charge in [-0.05, 0) is 51.0 Å². The van der Waals surface area contributed by atoms with Crippen molar-refractivity contribution >= 4 is 23.2 Å². The molecular formula is C19H26F3N3O3S. The van der Waals surface area contributed by atoms with Gasteiger partial charge in [0, 0.05) is 36.1 Å². The van der Waals surface area contributed by atoms with Crippen molar-refractivity contribution in [3.05, 3.63) is 16.6 Å². The fourth-order valence-corrected chi connectivity index (χ4v) is 4.79. The van der Waals surface area contributed by atoms with Crippen molar-refractivity contribution in [2.24, 2.45) is 5.92 Å². The predicted octanol–water partition coefficient (Wildman–Crippen LogP) is 3.53. The summed E-state index contributed by atoms with van der Waals surface area (Å²) in [7, 11) is 0. The summed E-state index contributed by atoms with van der Waals surface area (Å²) in [5, 5.41) is 7.12. The van der Waals surface area contributed by atoms with E-state index >= 15 is 0 Å². The van der Waals surface area contributed by atoms with Gasteiger partial charge in [-0.15, -0.1) is 11.3 Å². The predicted molar refractivity (Wildman–Crippen MR) is 101 cm³/mol. The van der Waals surface area contributed by atoms with Gasteiger partial charge in [0.1, 0.15) is 0 Å². The number of rotatable bonds is 4. The standard InChI is InChI=1S/C17H25N3OS.C2HF3O2/c21-16-4-6-17(20(16)12-15-10-18-13-22-15)5-1-8-19(9-7-17)11-14-2-3-14;3-2(4,5)1(6)7/h10,13-14H,1-9,11-12H2;(H,6,7). The molecule has 2 saturated heterocycles. The quantitative estimate of drug-likeness (QED) is 0.786. The first-order valence-corrected chi connectivity index (χ1v) is 10.8. The van der Waals surface area contributed by atoms with Crippen LogP contribution in [0.1, 0.15) is 49.8 Å². The van der Waals surface area contributed by atoms with Crippen LogP contribution in [-0.4, -0.2) is 63.1 Å². The number of thiazole rings is 1. The summed E-state index contributed by atoms with van der Waals surface area (Å²) in [6, 6.07) is 0. The largest absolute Gasteiger partial charge is 0.490 e. The lowest BCUT2D eigenvalue weighted by atomic mass is 9.87. The summed E-state index contributed by atoms with van der Waals surface area (Å²) in [5.74, 6) is -1.44. The molecule has 1 amide bonds. The first-order valence-electron chi connectivity index (χ1n) is 9.90. The minimum atomic E-state index is -5.08. The molecule has 0 radical (unpaired) electrons. The summed E-state index contributed by atoms with van der Waals surface area (Å²) in [5.41, 5.74) is 1.99. The molecule has 1 aromatic rings. The number of carbonyl (C=O) groups excluding carboxylic acids is 1. The second-order valence-electron chi connectivity index (χ2n) is 8.07. The second-order valence-corrected chi connectivity index (χ2v) is 9.04. The molecule has 1 aliphatic carbocycles. The van der Waals surface area contributed by atoms with Crippen molar-refractivity contribution in [3.63, 3.8) is 0 Å². The van der Waals surface area contributed by atoms with Gasteiger partial charge in [0.2, 0.25) is 5.91 Å². The highest BCUT2D eigenvalue weighted by Crippen LogP contribution is 2.41. The number of halogens is 3. The summed E-state index contributed by atoms with van der Waals surface area (Å²) in [6.45, 7) is 4.45. The monoisotopic (exact) mass is 433 g/mol. The van der Waals surface area contributed by atoms with Crippen LogP contribution in [0.3, 0.4) is 0 Å². The molecule has 29 heavy (non-hydrogen) atoms. The number of alkyl halides is 3. The molecule has 10 heteroatoms. The average Bonchev–Trinajstić information content (AvgIpc) is 3.28. The molecule has 1 aromatic heterocycles. The summed E-state index contributed by atoms with van der Waals surface area (Å²) >= 11 is 1.67. The normalized spacial score (nSPS) is 25.6. The van der Waals surface area contributed by atoms with Gasteiger partial charge < -0.3 is 14.9 Å². The first-order chi connectivity index (χ1) is 13.7. The minimum Gasteiger partial charge on any atom is -0.475 e. The van der Waals surface area contributed by atoms with Gasteiger partial charge in [0.15, 0.2) is 0 Å². The Morgan fingerprint density at radius 2 is 2.00 bits per heavy atom. The lowest BCUT2D eigenvalue weighted by Gasteiger charge is -2.38. The number of likely N-dealkylation sites (tertiary alicyclic amines) is 2. The van der Waals surface area contributed by atoms with E-state index in [2.05, 4.69) is 14.8 Å². The molecule has 1 atom stereocenters. The molecule has 2 aliphatic heterocycles. The van der Waals surface area contributed by atoms with Crippen LogP contribution in [0.15, 0.2) is 11.7 Å². The van der Waals surface area contributed by atoms with E-state index in [0.29, 0.717) is 5.91 Å². The highest BCUT2D eigenvalue weighted by Gasteiger charge is 2.45. The Morgan fingerprint density at radius 3 is 2.59 bits per heavy atom. The van der Waals surface area contributed by atoms with Crippen LogP contribution >= 0.6 is 11.3 Å². The van der Waals surface area contributed by atoms with E-state index in [1.54, 1.807) is 11.3 Å². The number of carboxylic acids is 1. The van der Waals surface area contributed by atoms with E-state index < -0.39 is 12.1 Å². The number of hydrogen-bond acceptors (Lipinski definition) is 5. The van der Waals surface area contributed by atoms with Gasteiger partial charge in [-0.2, -0.15) is 13.2 Å². The van der Waals surface area contributed by atoms with Crippen molar-refractivity contribution in [1.29, 1.82) is 0 Å². The lowest BCUT2D eigenvalue weighted by molar-refractivity contribution is -0.192. The highest BCUT2D eigenvalue weighted by atomic mass is 32.1. The summed E-state index contributed by atoms with van der Waals surface area (Å²) in [4.78, 5) is 31.6. The smallest absolute Gasteiger partial charge is 0.475 e. The number of aromatic nitrogens is 1. The molecule has 3 heterocycles. The third-order valence-corrected chi connectivity index (χ3v) is 6.71.